The lowest BCUT2D eigenvalue weighted by molar-refractivity contribution is 0.0597. The predicted molar refractivity (Wildman–Crippen MR) is 60.4 cm³/mol. The average molecular weight is 226 g/mol. The van der Waals surface area contributed by atoms with Gasteiger partial charge in [0, 0.05) is 10.1 Å². The van der Waals surface area contributed by atoms with E-state index in [1.165, 1.54) is 7.11 Å². The van der Waals surface area contributed by atoms with Crippen molar-refractivity contribution in [2.24, 2.45) is 0 Å². The number of ether oxygens (including phenoxy) is 1. The highest BCUT2D eigenvalue weighted by atomic mass is 32.2. The van der Waals surface area contributed by atoms with Crippen molar-refractivity contribution in [3.8, 4) is 5.75 Å². The van der Waals surface area contributed by atoms with Crippen molar-refractivity contribution in [1.82, 2.24) is 0 Å². The third-order valence-corrected chi connectivity index (χ3v) is 2.74. The first-order chi connectivity index (χ1) is 7.04. The van der Waals surface area contributed by atoms with Gasteiger partial charge >= 0.3 is 5.97 Å². The molecule has 1 rings (SSSR count). The van der Waals surface area contributed by atoms with E-state index in [1.807, 2.05) is 0 Å². The van der Waals surface area contributed by atoms with Crippen LogP contribution in [-0.2, 0) is 4.74 Å². The van der Waals surface area contributed by atoms with Gasteiger partial charge in [-0.05, 0) is 18.2 Å². The lowest BCUT2D eigenvalue weighted by Crippen LogP contribution is -2.01. The molecule has 0 radical (unpaired) electrons. The van der Waals surface area contributed by atoms with Gasteiger partial charge in [0.2, 0.25) is 0 Å². The lowest BCUT2D eigenvalue weighted by Gasteiger charge is -2.07. The van der Waals surface area contributed by atoms with Crippen LogP contribution in [0.2, 0.25) is 0 Å². The number of aromatic hydroxyl groups is 1. The molecule has 0 aliphatic rings. The molecule has 0 fully saturated rings. The Bertz CT molecular complexity index is 361. The highest BCUT2D eigenvalue weighted by molar-refractivity contribution is 7.99. The summed E-state index contributed by atoms with van der Waals surface area (Å²) in [7, 11) is 1.29. The molecule has 0 saturated carbocycles. The van der Waals surface area contributed by atoms with Crippen molar-refractivity contribution in [3.63, 3.8) is 0 Å². The molecule has 0 aliphatic carbocycles. The fourth-order valence-electron chi connectivity index (χ4n) is 1.14. The molecule has 0 heterocycles. The van der Waals surface area contributed by atoms with Crippen LogP contribution in [0.15, 0.2) is 23.1 Å². The van der Waals surface area contributed by atoms with E-state index in [-0.39, 0.29) is 11.3 Å². The van der Waals surface area contributed by atoms with Crippen molar-refractivity contribution < 1.29 is 14.6 Å². The van der Waals surface area contributed by atoms with E-state index in [2.05, 4.69) is 18.6 Å². The Labute approximate surface area is 93.4 Å². The standard InChI is InChI=1S/C11H14O3S/c1-7(2)15-8-4-5-9(10(12)6-8)11(13)14-3/h4-7,12H,1-3H3. The maximum atomic E-state index is 11.2. The summed E-state index contributed by atoms with van der Waals surface area (Å²) in [5, 5.41) is 10.0. The molecule has 0 unspecified atom stereocenters. The molecule has 0 atom stereocenters. The van der Waals surface area contributed by atoms with Crippen LogP contribution in [0.3, 0.4) is 0 Å². The number of thioether (sulfide) groups is 1. The molecular weight excluding hydrogens is 212 g/mol. The number of carbonyl (C=O) groups excluding carboxylic acids is 1. The van der Waals surface area contributed by atoms with Gasteiger partial charge in [0.25, 0.3) is 0 Å². The summed E-state index contributed by atoms with van der Waals surface area (Å²) in [6, 6.07) is 4.96. The summed E-state index contributed by atoms with van der Waals surface area (Å²) in [5.74, 6) is -0.555. The van der Waals surface area contributed by atoms with E-state index < -0.39 is 5.97 Å². The highest BCUT2D eigenvalue weighted by Gasteiger charge is 2.11. The number of phenols is 1. The van der Waals surface area contributed by atoms with E-state index in [1.54, 1.807) is 30.0 Å². The van der Waals surface area contributed by atoms with Crippen molar-refractivity contribution >= 4 is 17.7 Å². The SMILES string of the molecule is COC(=O)c1ccc(SC(C)C)cc1O. The monoisotopic (exact) mass is 226 g/mol. The molecule has 0 aromatic heterocycles. The smallest absolute Gasteiger partial charge is 0.341 e. The van der Waals surface area contributed by atoms with Gasteiger partial charge in [-0.3, -0.25) is 0 Å². The van der Waals surface area contributed by atoms with Crippen molar-refractivity contribution in [2.75, 3.05) is 7.11 Å². The van der Waals surface area contributed by atoms with E-state index in [0.29, 0.717) is 5.25 Å². The van der Waals surface area contributed by atoms with Gasteiger partial charge in [-0.2, -0.15) is 0 Å². The third-order valence-electron chi connectivity index (χ3n) is 1.75. The Morgan fingerprint density at radius 3 is 2.60 bits per heavy atom. The Hall–Kier alpha value is -1.16. The molecule has 0 bridgehead atoms. The molecule has 15 heavy (non-hydrogen) atoms. The van der Waals surface area contributed by atoms with Gasteiger partial charge in [0.05, 0.1) is 7.11 Å². The molecule has 0 saturated heterocycles. The van der Waals surface area contributed by atoms with Crippen molar-refractivity contribution in [3.05, 3.63) is 23.8 Å². The second kappa shape index (κ2) is 5.07. The summed E-state index contributed by atoms with van der Waals surface area (Å²) >= 11 is 1.63. The number of hydrogen-bond donors (Lipinski definition) is 1. The van der Waals surface area contributed by atoms with Crippen LogP contribution in [0.25, 0.3) is 0 Å². The van der Waals surface area contributed by atoms with E-state index >= 15 is 0 Å². The number of hydrogen-bond acceptors (Lipinski definition) is 4. The van der Waals surface area contributed by atoms with Crippen molar-refractivity contribution in [2.45, 2.75) is 24.0 Å². The van der Waals surface area contributed by atoms with Gasteiger partial charge < -0.3 is 9.84 Å². The number of benzene rings is 1. The summed E-state index contributed by atoms with van der Waals surface area (Å²) in [6.07, 6.45) is 0. The molecule has 0 amide bonds. The topological polar surface area (TPSA) is 46.5 Å². The molecular formula is C11H14O3S. The number of methoxy groups -OCH3 is 1. The quantitative estimate of drug-likeness (QED) is 0.636. The molecule has 0 spiro atoms. The summed E-state index contributed by atoms with van der Waals surface area (Å²) in [4.78, 5) is 12.1. The molecule has 4 heteroatoms. The second-order valence-corrected chi connectivity index (χ2v) is 4.99. The number of rotatable bonds is 3. The predicted octanol–water partition coefficient (Wildman–Crippen LogP) is 2.68. The lowest BCUT2D eigenvalue weighted by atomic mass is 10.2. The molecule has 1 aromatic rings. The number of carbonyl (C=O) groups is 1. The molecule has 3 nitrogen and oxygen atoms in total. The largest absolute Gasteiger partial charge is 0.507 e. The van der Waals surface area contributed by atoms with Crippen LogP contribution in [0.1, 0.15) is 24.2 Å². The minimum atomic E-state index is -0.520. The maximum Gasteiger partial charge on any atom is 0.341 e. The molecule has 1 N–H and O–H groups in total. The summed E-state index contributed by atoms with van der Waals surface area (Å²) in [6.45, 7) is 4.13. The van der Waals surface area contributed by atoms with Crippen LogP contribution < -0.4 is 0 Å². The minimum Gasteiger partial charge on any atom is -0.507 e. The first-order valence-electron chi connectivity index (χ1n) is 4.62. The zero-order chi connectivity index (χ0) is 11.4. The Morgan fingerprint density at radius 2 is 2.13 bits per heavy atom. The van der Waals surface area contributed by atoms with E-state index in [4.69, 9.17) is 0 Å². The third kappa shape index (κ3) is 3.16. The Balaban J connectivity index is 2.93. The fourth-order valence-corrected chi connectivity index (χ4v) is 2.01. The first-order valence-corrected chi connectivity index (χ1v) is 5.50. The second-order valence-electron chi connectivity index (χ2n) is 3.34. The first kappa shape index (κ1) is 11.9. The van der Waals surface area contributed by atoms with Crippen LogP contribution in [0, 0.1) is 0 Å². The van der Waals surface area contributed by atoms with Gasteiger partial charge in [-0.15, -0.1) is 11.8 Å². The van der Waals surface area contributed by atoms with Crippen LogP contribution in [-0.4, -0.2) is 23.4 Å². The van der Waals surface area contributed by atoms with E-state index in [9.17, 15) is 9.90 Å². The van der Waals surface area contributed by atoms with Gasteiger partial charge in [0.1, 0.15) is 11.3 Å². The van der Waals surface area contributed by atoms with Crippen molar-refractivity contribution in [1.29, 1.82) is 0 Å². The summed E-state index contributed by atoms with van der Waals surface area (Å²) < 4.78 is 4.53. The van der Waals surface area contributed by atoms with Gasteiger partial charge in [-0.1, -0.05) is 13.8 Å². The molecule has 82 valence electrons. The van der Waals surface area contributed by atoms with E-state index in [0.717, 1.165) is 4.90 Å². The van der Waals surface area contributed by atoms with Crippen LogP contribution in [0.5, 0.6) is 5.75 Å². The van der Waals surface area contributed by atoms with Crippen LogP contribution >= 0.6 is 11.8 Å². The van der Waals surface area contributed by atoms with Gasteiger partial charge in [0.15, 0.2) is 0 Å². The number of esters is 1. The average Bonchev–Trinajstić information content (AvgIpc) is 2.16. The zero-order valence-corrected chi connectivity index (χ0v) is 9.80. The van der Waals surface area contributed by atoms with Crippen LogP contribution in [0.4, 0.5) is 0 Å². The normalized spacial score (nSPS) is 10.4. The van der Waals surface area contributed by atoms with Gasteiger partial charge in [-0.25, -0.2) is 4.79 Å². The zero-order valence-electron chi connectivity index (χ0n) is 8.98. The maximum absolute atomic E-state index is 11.2. The summed E-state index contributed by atoms with van der Waals surface area (Å²) in [5.41, 5.74) is 0.200. The Kier molecular flexibility index (Phi) is 4.03. The highest BCUT2D eigenvalue weighted by Crippen LogP contribution is 2.28. The number of phenolic OH excluding ortho intramolecular Hbond substituents is 1. The molecule has 1 aromatic carbocycles. The minimum absolute atomic E-state index is 0.0347. The Morgan fingerprint density at radius 1 is 1.47 bits per heavy atom. The fraction of sp³-hybridized carbons (Fsp3) is 0.364. The molecule has 0 aliphatic heterocycles.